The molecule has 2 aliphatic heterocycles. The van der Waals surface area contributed by atoms with Crippen LogP contribution in [0.4, 0.5) is 0 Å². The van der Waals surface area contributed by atoms with Crippen LogP contribution in [0.2, 0.25) is 0 Å². The first-order valence-corrected chi connectivity index (χ1v) is 7.07. The lowest BCUT2D eigenvalue weighted by molar-refractivity contribution is -0.135. The fraction of sp³-hybridized carbons (Fsp3) is 0.923. The summed E-state index contributed by atoms with van der Waals surface area (Å²) in [5, 5.41) is 15.6. The van der Waals surface area contributed by atoms with Crippen molar-refractivity contribution in [3.63, 3.8) is 0 Å². The first kappa shape index (κ1) is 13.8. The molecule has 5 heteroatoms. The van der Waals surface area contributed by atoms with Gasteiger partial charge in [-0.15, -0.1) is 0 Å². The average Bonchev–Trinajstić information content (AvgIpc) is 2.39. The molecule has 0 saturated carbocycles. The van der Waals surface area contributed by atoms with E-state index in [-0.39, 0.29) is 18.6 Å². The lowest BCUT2D eigenvalue weighted by Crippen LogP contribution is -2.60. The van der Waals surface area contributed by atoms with Gasteiger partial charge in [-0.2, -0.15) is 0 Å². The summed E-state index contributed by atoms with van der Waals surface area (Å²) in [6.07, 6.45) is 3.02. The minimum atomic E-state index is -0.0749. The molecule has 2 aliphatic rings. The molecule has 2 fully saturated rings. The van der Waals surface area contributed by atoms with Gasteiger partial charge in [0.15, 0.2) is 0 Å². The van der Waals surface area contributed by atoms with Gasteiger partial charge >= 0.3 is 0 Å². The van der Waals surface area contributed by atoms with Gasteiger partial charge in [0.2, 0.25) is 5.91 Å². The SMILES string of the molecule is CC1CNC(C(=O)N2CCCC(CCO)C2)CN1. The van der Waals surface area contributed by atoms with Crippen molar-refractivity contribution in [2.24, 2.45) is 5.92 Å². The summed E-state index contributed by atoms with van der Waals surface area (Å²) in [6.45, 7) is 5.60. The molecule has 0 bridgehead atoms. The summed E-state index contributed by atoms with van der Waals surface area (Å²) in [6, 6.07) is 0.367. The van der Waals surface area contributed by atoms with Crippen molar-refractivity contribution in [1.29, 1.82) is 0 Å². The van der Waals surface area contributed by atoms with Crippen LogP contribution in [0.15, 0.2) is 0 Å². The van der Waals surface area contributed by atoms with Crippen molar-refractivity contribution in [2.45, 2.75) is 38.3 Å². The maximum atomic E-state index is 12.4. The minimum Gasteiger partial charge on any atom is -0.396 e. The summed E-state index contributed by atoms with van der Waals surface area (Å²) < 4.78 is 0. The molecule has 0 aromatic heterocycles. The zero-order valence-corrected chi connectivity index (χ0v) is 11.2. The molecule has 2 saturated heterocycles. The summed E-state index contributed by atoms with van der Waals surface area (Å²) in [4.78, 5) is 14.3. The van der Waals surface area contributed by atoms with E-state index in [1.807, 2.05) is 4.90 Å². The second-order valence-corrected chi connectivity index (χ2v) is 5.57. The van der Waals surface area contributed by atoms with E-state index in [0.717, 1.165) is 45.4 Å². The lowest BCUT2D eigenvalue weighted by atomic mass is 9.94. The molecule has 0 aromatic carbocycles. The van der Waals surface area contributed by atoms with Crippen LogP contribution in [0.3, 0.4) is 0 Å². The number of likely N-dealkylation sites (tertiary alicyclic amines) is 1. The number of carbonyl (C=O) groups excluding carboxylic acids is 1. The van der Waals surface area contributed by atoms with Crippen molar-refractivity contribution >= 4 is 5.91 Å². The highest BCUT2D eigenvalue weighted by molar-refractivity contribution is 5.82. The third-order valence-corrected chi connectivity index (χ3v) is 4.01. The maximum Gasteiger partial charge on any atom is 0.241 e. The Labute approximate surface area is 109 Å². The number of hydrogen-bond donors (Lipinski definition) is 3. The maximum absolute atomic E-state index is 12.4. The van der Waals surface area contributed by atoms with E-state index in [9.17, 15) is 4.79 Å². The standard InChI is InChI=1S/C13H25N3O2/c1-10-7-15-12(8-14-10)13(18)16-5-2-3-11(9-16)4-6-17/h10-12,14-15,17H,2-9H2,1H3. The average molecular weight is 255 g/mol. The third kappa shape index (κ3) is 3.43. The third-order valence-electron chi connectivity index (χ3n) is 4.01. The lowest BCUT2D eigenvalue weighted by Gasteiger charge is -2.37. The smallest absolute Gasteiger partial charge is 0.241 e. The molecule has 2 rings (SSSR count). The Bertz CT molecular complexity index is 275. The van der Waals surface area contributed by atoms with Gasteiger partial charge in [0.1, 0.15) is 0 Å². The number of nitrogens with zero attached hydrogens (tertiary/aromatic N) is 1. The Morgan fingerprint density at radius 2 is 2.22 bits per heavy atom. The molecule has 3 atom stereocenters. The van der Waals surface area contributed by atoms with Crippen LogP contribution in [0.25, 0.3) is 0 Å². The van der Waals surface area contributed by atoms with E-state index in [4.69, 9.17) is 5.11 Å². The van der Waals surface area contributed by atoms with Crippen LogP contribution in [0.1, 0.15) is 26.2 Å². The first-order valence-electron chi connectivity index (χ1n) is 7.07. The fourth-order valence-corrected chi connectivity index (χ4v) is 2.86. The highest BCUT2D eigenvalue weighted by atomic mass is 16.3. The van der Waals surface area contributed by atoms with Crippen LogP contribution in [0.5, 0.6) is 0 Å². The number of nitrogens with one attached hydrogen (secondary N) is 2. The minimum absolute atomic E-state index is 0.0749. The summed E-state index contributed by atoms with van der Waals surface area (Å²) >= 11 is 0. The Morgan fingerprint density at radius 3 is 2.89 bits per heavy atom. The Balaban J connectivity index is 1.84. The van der Waals surface area contributed by atoms with Crippen LogP contribution in [-0.4, -0.2) is 60.8 Å². The number of carbonyl (C=O) groups is 1. The topological polar surface area (TPSA) is 64.6 Å². The summed E-state index contributed by atoms with van der Waals surface area (Å²) in [7, 11) is 0. The second-order valence-electron chi connectivity index (χ2n) is 5.57. The largest absolute Gasteiger partial charge is 0.396 e. The number of aliphatic hydroxyl groups excluding tert-OH is 1. The molecule has 3 N–H and O–H groups in total. The number of piperazine rings is 1. The fourth-order valence-electron chi connectivity index (χ4n) is 2.86. The van der Waals surface area contributed by atoms with Crippen molar-refractivity contribution in [3.05, 3.63) is 0 Å². The van der Waals surface area contributed by atoms with Crippen molar-refractivity contribution in [1.82, 2.24) is 15.5 Å². The van der Waals surface area contributed by atoms with Gasteiger partial charge in [0.25, 0.3) is 0 Å². The van der Waals surface area contributed by atoms with E-state index >= 15 is 0 Å². The normalized spacial score (nSPS) is 33.4. The van der Waals surface area contributed by atoms with Gasteiger partial charge in [-0.3, -0.25) is 4.79 Å². The van der Waals surface area contributed by atoms with Crippen molar-refractivity contribution in [2.75, 3.05) is 32.8 Å². The van der Waals surface area contributed by atoms with Crippen LogP contribution < -0.4 is 10.6 Å². The molecule has 5 nitrogen and oxygen atoms in total. The molecule has 3 unspecified atom stereocenters. The summed E-state index contributed by atoms with van der Waals surface area (Å²) in [5.74, 6) is 0.695. The van der Waals surface area contributed by atoms with Gasteiger partial charge in [-0.25, -0.2) is 0 Å². The van der Waals surface area contributed by atoms with Gasteiger partial charge in [-0.05, 0) is 32.1 Å². The molecular weight excluding hydrogens is 230 g/mol. The molecular formula is C13H25N3O2. The molecule has 1 amide bonds. The van der Waals surface area contributed by atoms with E-state index < -0.39 is 0 Å². The Kier molecular flexibility index (Phi) is 4.97. The van der Waals surface area contributed by atoms with Crippen molar-refractivity contribution in [3.8, 4) is 0 Å². The highest BCUT2D eigenvalue weighted by Crippen LogP contribution is 2.20. The van der Waals surface area contributed by atoms with E-state index in [0.29, 0.717) is 12.0 Å². The Morgan fingerprint density at radius 1 is 1.39 bits per heavy atom. The van der Waals surface area contributed by atoms with Crippen LogP contribution >= 0.6 is 0 Å². The number of aliphatic hydroxyl groups is 1. The quantitative estimate of drug-likeness (QED) is 0.639. The van der Waals surface area contributed by atoms with Gasteiger partial charge in [0.05, 0.1) is 6.04 Å². The molecule has 0 radical (unpaired) electrons. The van der Waals surface area contributed by atoms with Crippen LogP contribution in [-0.2, 0) is 4.79 Å². The number of amides is 1. The molecule has 0 spiro atoms. The van der Waals surface area contributed by atoms with Crippen molar-refractivity contribution < 1.29 is 9.90 Å². The molecule has 104 valence electrons. The number of piperidine rings is 1. The molecule has 0 aromatic rings. The van der Waals surface area contributed by atoms with Gasteiger partial charge in [0, 0.05) is 38.8 Å². The van der Waals surface area contributed by atoms with E-state index in [2.05, 4.69) is 17.6 Å². The molecule has 18 heavy (non-hydrogen) atoms. The zero-order chi connectivity index (χ0) is 13.0. The second kappa shape index (κ2) is 6.50. The van der Waals surface area contributed by atoms with Crippen LogP contribution in [0, 0.1) is 5.92 Å². The van der Waals surface area contributed by atoms with Gasteiger partial charge < -0.3 is 20.6 Å². The predicted molar refractivity (Wildman–Crippen MR) is 70.3 cm³/mol. The van der Waals surface area contributed by atoms with Gasteiger partial charge in [-0.1, -0.05) is 0 Å². The Hall–Kier alpha value is -0.650. The molecule has 0 aliphatic carbocycles. The first-order chi connectivity index (χ1) is 8.70. The van der Waals surface area contributed by atoms with E-state index in [1.165, 1.54) is 0 Å². The number of hydrogen-bond acceptors (Lipinski definition) is 4. The molecule has 2 heterocycles. The van der Waals surface area contributed by atoms with E-state index in [1.54, 1.807) is 0 Å². The monoisotopic (exact) mass is 255 g/mol. The number of rotatable bonds is 3. The highest BCUT2D eigenvalue weighted by Gasteiger charge is 2.30. The summed E-state index contributed by atoms with van der Waals surface area (Å²) in [5.41, 5.74) is 0. The predicted octanol–water partition coefficient (Wildman–Crippen LogP) is -0.443. The zero-order valence-electron chi connectivity index (χ0n) is 11.2.